The molecule has 34 heavy (non-hydrogen) atoms. The van der Waals surface area contributed by atoms with Crippen molar-refractivity contribution in [3.8, 4) is 5.75 Å². The molecule has 0 saturated carbocycles. The van der Waals surface area contributed by atoms with Crippen molar-refractivity contribution in [3.05, 3.63) is 54.1 Å². The highest BCUT2D eigenvalue weighted by molar-refractivity contribution is 7.89. The second-order valence-electron chi connectivity index (χ2n) is 7.24. The number of morpholine rings is 1. The van der Waals surface area contributed by atoms with E-state index in [1.54, 1.807) is 12.1 Å². The Morgan fingerprint density at radius 1 is 1.06 bits per heavy atom. The fourth-order valence-electron chi connectivity index (χ4n) is 3.18. The lowest BCUT2D eigenvalue weighted by atomic mass is 10.1. The summed E-state index contributed by atoms with van der Waals surface area (Å²) in [5.41, 5.74) is 0.747. The molecule has 0 bridgehead atoms. The number of carbonyl (C=O) groups is 2. The number of amides is 1. The average Bonchev–Trinajstić information content (AvgIpc) is 2.83. The van der Waals surface area contributed by atoms with Gasteiger partial charge in [-0.2, -0.15) is 13.1 Å². The lowest BCUT2D eigenvalue weighted by Gasteiger charge is -2.26. The lowest BCUT2D eigenvalue weighted by molar-refractivity contribution is -0.147. The van der Waals surface area contributed by atoms with E-state index in [1.807, 2.05) is 0 Å². The van der Waals surface area contributed by atoms with E-state index in [0.29, 0.717) is 26.3 Å². The summed E-state index contributed by atoms with van der Waals surface area (Å²) < 4.78 is 65.9. The van der Waals surface area contributed by atoms with Crippen molar-refractivity contribution in [2.24, 2.45) is 0 Å². The molecule has 1 N–H and O–H groups in total. The van der Waals surface area contributed by atoms with Crippen LogP contribution in [0.4, 0.5) is 14.5 Å². The third kappa shape index (κ3) is 7.20. The Morgan fingerprint density at radius 2 is 1.74 bits per heavy atom. The van der Waals surface area contributed by atoms with Crippen molar-refractivity contribution in [3.63, 3.8) is 0 Å². The van der Waals surface area contributed by atoms with Gasteiger partial charge in [0, 0.05) is 19.5 Å². The van der Waals surface area contributed by atoms with Gasteiger partial charge in [0.25, 0.3) is 5.91 Å². The maximum Gasteiger partial charge on any atom is 0.387 e. The molecule has 9 nitrogen and oxygen atoms in total. The lowest BCUT2D eigenvalue weighted by Crippen LogP contribution is -2.40. The Bertz CT molecular complexity index is 1090. The summed E-state index contributed by atoms with van der Waals surface area (Å²) in [6, 6.07) is 11.8. The third-order valence-corrected chi connectivity index (χ3v) is 6.80. The summed E-state index contributed by atoms with van der Waals surface area (Å²) in [7, 11) is -3.60. The van der Waals surface area contributed by atoms with Crippen LogP contribution in [-0.4, -0.2) is 64.1 Å². The van der Waals surface area contributed by atoms with Crippen molar-refractivity contribution in [2.75, 3.05) is 38.2 Å². The summed E-state index contributed by atoms with van der Waals surface area (Å²) in [6.07, 6.45) is 0.247. The summed E-state index contributed by atoms with van der Waals surface area (Å²) in [6.45, 7) is -2.34. The third-order valence-electron chi connectivity index (χ3n) is 4.89. The van der Waals surface area contributed by atoms with Crippen LogP contribution in [0.15, 0.2) is 53.4 Å². The zero-order chi connectivity index (χ0) is 24.6. The topological polar surface area (TPSA) is 111 Å². The van der Waals surface area contributed by atoms with Crippen LogP contribution < -0.4 is 10.1 Å². The SMILES string of the molecule is O=C(COC(=O)CCc1ccc(S(=O)(=O)N2CCOCC2)cc1)Nc1ccccc1OC(F)F. The maximum atomic E-state index is 12.6. The molecule has 1 heterocycles. The number of hydrogen-bond acceptors (Lipinski definition) is 7. The quantitative estimate of drug-likeness (QED) is 0.501. The molecule has 0 aromatic heterocycles. The highest BCUT2D eigenvalue weighted by atomic mass is 32.2. The van der Waals surface area contributed by atoms with Crippen LogP contribution in [0, 0.1) is 0 Å². The van der Waals surface area contributed by atoms with Crippen LogP contribution in [0.1, 0.15) is 12.0 Å². The van der Waals surface area contributed by atoms with E-state index in [9.17, 15) is 26.8 Å². The highest BCUT2D eigenvalue weighted by Gasteiger charge is 2.26. The molecule has 1 amide bonds. The van der Waals surface area contributed by atoms with E-state index in [4.69, 9.17) is 9.47 Å². The molecule has 1 aliphatic rings. The van der Waals surface area contributed by atoms with Gasteiger partial charge in [-0.15, -0.1) is 0 Å². The van der Waals surface area contributed by atoms with Crippen molar-refractivity contribution in [1.82, 2.24) is 4.31 Å². The van der Waals surface area contributed by atoms with Crippen LogP contribution in [0.2, 0.25) is 0 Å². The van der Waals surface area contributed by atoms with Crippen molar-refractivity contribution in [1.29, 1.82) is 0 Å². The zero-order valence-corrected chi connectivity index (χ0v) is 18.9. The number of ether oxygens (including phenoxy) is 3. The number of nitrogens with one attached hydrogen (secondary N) is 1. The molecule has 3 rings (SSSR count). The van der Waals surface area contributed by atoms with Crippen molar-refractivity contribution in [2.45, 2.75) is 24.3 Å². The minimum absolute atomic E-state index is 0.0240. The molecule has 0 radical (unpaired) electrons. The van der Waals surface area contributed by atoms with Gasteiger partial charge in [-0.3, -0.25) is 9.59 Å². The Kier molecular flexibility index (Phi) is 8.91. The first-order valence-electron chi connectivity index (χ1n) is 10.4. The van der Waals surface area contributed by atoms with Crippen molar-refractivity contribution < 1.29 is 41.0 Å². The van der Waals surface area contributed by atoms with Gasteiger partial charge in [-0.25, -0.2) is 8.42 Å². The number of carbonyl (C=O) groups excluding carboxylic acids is 2. The number of sulfonamides is 1. The van der Waals surface area contributed by atoms with Crippen molar-refractivity contribution >= 4 is 27.6 Å². The summed E-state index contributed by atoms with van der Waals surface area (Å²) >= 11 is 0. The highest BCUT2D eigenvalue weighted by Crippen LogP contribution is 2.25. The van der Waals surface area contributed by atoms with Gasteiger partial charge in [0.2, 0.25) is 10.0 Å². The Labute approximate surface area is 195 Å². The monoisotopic (exact) mass is 498 g/mol. The van der Waals surface area contributed by atoms with E-state index in [-0.39, 0.29) is 29.2 Å². The predicted molar refractivity (Wildman–Crippen MR) is 117 cm³/mol. The number of alkyl halides is 2. The normalized spacial score (nSPS) is 14.6. The average molecular weight is 499 g/mol. The molecule has 0 atom stereocenters. The molecule has 2 aromatic carbocycles. The van der Waals surface area contributed by atoms with E-state index in [1.165, 1.54) is 40.7 Å². The number of anilines is 1. The summed E-state index contributed by atoms with van der Waals surface area (Å²) in [4.78, 5) is 24.1. The second-order valence-corrected chi connectivity index (χ2v) is 9.18. The Hall–Kier alpha value is -3.09. The molecule has 1 fully saturated rings. The minimum Gasteiger partial charge on any atom is -0.456 e. The zero-order valence-electron chi connectivity index (χ0n) is 18.1. The number of nitrogens with zero attached hydrogens (tertiary/aromatic N) is 1. The molecule has 1 aliphatic heterocycles. The number of benzene rings is 2. The number of esters is 1. The molecule has 2 aromatic rings. The van der Waals surface area contributed by atoms with Crippen LogP contribution in [0.25, 0.3) is 0 Å². The van der Waals surface area contributed by atoms with Gasteiger partial charge >= 0.3 is 12.6 Å². The van der Waals surface area contributed by atoms with E-state index < -0.39 is 35.1 Å². The van der Waals surface area contributed by atoms with Crippen LogP contribution in [-0.2, 0) is 35.5 Å². The first-order valence-corrected chi connectivity index (χ1v) is 11.9. The smallest absolute Gasteiger partial charge is 0.387 e. The maximum absolute atomic E-state index is 12.6. The summed E-state index contributed by atoms with van der Waals surface area (Å²) in [5, 5.41) is 2.35. The van der Waals surface area contributed by atoms with Gasteiger partial charge in [0.05, 0.1) is 23.8 Å². The van der Waals surface area contributed by atoms with Gasteiger partial charge in [-0.1, -0.05) is 24.3 Å². The standard InChI is InChI=1S/C22H24F2N2O7S/c23-22(24)33-19-4-2-1-3-18(19)25-20(27)15-32-21(28)10-7-16-5-8-17(9-6-16)34(29,30)26-11-13-31-14-12-26/h1-6,8-9,22H,7,10-15H2,(H,25,27). The predicted octanol–water partition coefficient (Wildman–Crippen LogP) is 2.42. The van der Waals surface area contributed by atoms with E-state index >= 15 is 0 Å². The number of halogens is 2. The first kappa shape index (κ1) is 25.5. The minimum atomic E-state index is -3.60. The molecule has 12 heteroatoms. The fraction of sp³-hybridized carbons (Fsp3) is 0.364. The van der Waals surface area contributed by atoms with Crippen LogP contribution >= 0.6 is 0 Å². The molecule has 184 valence electrons. The Morgan fingerprint density at radius 3 is 2.41 bits per heavy atom. The summed E-state index contributed by atoms with van der Waals surface area (Å²) in [5.74, 6) is -1.56. The van der Waals surface area contributed by atoms with Gasteiger partial charge in [-0.05, 0) is 36.2 Å². The number of para-hydroxylation sites is 2. The van der Waals surface area contributed by atoms with Crippen LogP contribution in [0.3, 0.4) is 0 Å². The van der Waals surface area contributed by atoms with E-state index in [0.717, 1.165) is 5.56 Å². The van der Waals surface area contributed by atoms with Gasteiger partial charge in [0.1, 0.15) is 5.75 Å². The molecular weight excluding hydrogens is 474 g/mol. The molecule has 0 unspecified atom stereocenters. The van der Waals surface area contributed by atoms with E-state index in [2.05, 4.69) is 10.1 Å². The Balaban J connectivity index is 1.45. The molecule has 1 saturated heterocycles. The second kappa shape index (κ2) is 11.9. The molecular formula is C22H24F2N2O7S. The number of aryl methyl sites for hydroxylation is 1. The molecule has 0 aliphatic carbocycles. The number of rotatable bonds is 10. The first-order chi connectivity index (χ1) is 16.3. The number of hydrogen-bond donors (Lipinski definition) is 1. The fourth-order valence-corrected chi connectivity index (χ4v) is 4.59. The van der Waals surface area contributed by atoms with Gasteiger partial charge in [0.15, 0.2) is 6.61 Å². The molecule has 0 spiro atoms. The van der Waals surface area contributed by atoms with Crippen LogP contribution in [0.5, 0.6) is 5.75 Å². The van der Waals surface area contributed by atoms with Gasteiger partial charge < -0.3 is 19.5 Å². The largest absolute Gasteiger partial charge is 0.456 e.